The molecule has 0 unspecified atom stereocenters. The second-order valence-corrected chi connectivity index (χ2v) is 6.93. The van der Waals surface area contributed by atoms with Crippen molar-refractivity contribution in [2.24, 2.45) is 10.2 Å². The van der Waals surface area contributed by atoms with E-state index in [1.807, 2.05) is 6.07 Å². The van der Waals surface area contributed by atoms with E-state index in [9.17, 15) is 30.1 Å². The summed E-state index contributed by atoms with van der Waals surface area (Å²) in [5.74, 6) is -1.28. The summed E-state index contributed by atoms with van der Waals surface area (Å²) in [6, 6.07) is 7.40. The lowest BCUT2D eigenvalue weighted by atomic mass is 10.1. The number of hydrogen-bond donors (Lipinski definition) is 1. The fraction of sp³-hybridized carbons (Fsp3) is 0.190. The molecule has 0 spiro atoms. The van der Waals surface area contributed by atoms with Crippen LogP contribution in [0.4, 0.5) is 17.3 Å². The molecule has 3 aromatic rings. The van der Waals surface area contributed by atoms with Crippen molar-refractivity contribution in [1.82, 2.24) is 19.3 Å². The molecule has 0 bridgehead atoms. The van der Waals surface area contributed by atoms with Gasteiger partial charge >= 0.3 is 5.97 Å². The second-order valence-electron chi connectivity index (χ2n) is 6.93. The molecule has 2 heterocycles. The van der Waals surface area contributed by atoms with Crippen LogP contribution in [0.2, 0.25) is 0 Å². The fourth-order valence-corrected chi connectivity index (χ4v) is 2.97. The van der Waals surface area contributed by atoms with Gasteiger partial charge < -0.3 is 9.84 Å². The molecule has 1 aromatic carbocycles. The molecule has 178 valence electrons. The molecule has 14 heteroatoms. The molecule has 0 amide bonds. The smallest absolute Gasteiger partial charge is 0.330 e. The number of esters is 1. The van der Waals surface area contributed by atoms with Crippen LogP contribution < -0.4 is 5.56 Å². The number of ether oxygens (including phenoxy) is 1. The van der Waals surface area contributed by atoms with Gasteiger partial charge in [0.25, 0.3) is 17.2 Å². The Balaban J connectivity index is 1.87. The number of hydrogen-bond acceptors (Lipinski definition) is 11. The number of aromatic nitrogens is 4. The SMILES string of the molecule is C=CC(=O)OCCCn1c(O)c(C#N)c(C)c(N=Nc2ncn(-c3ccc([N+](=O)[O-])cc3)n2)c1=O. The van der Waals surface area contributed by atoms with Gasteiger partial charge in [-0.15, -0.1) is 15.3 Å². The number of non-ortho nitro benzene ring substituents is 1. The number of nitriles is 1. The zero-order valence-corrected chi connectivity index (χ0v) is 18.4. The summed E-state index contributed by atoms with van der Waals surface area (Å²) in [4.78, 5) is 38.3. The Morgan fingerprint density at radius 3 is 2.71 bits per heavy atom. The van der Waals surface area contributed by atoms with E-state index in [0.29, 0.717) is 5.69 Å². The lowest BCUT2D eigenvalue weighted by molar-refractivity contribution is -0.384. The Hall–Kier alpha value is -5.19. The average Bonchev–Trinajstić information content (AvgIpc) is 3.32. The van der Waals surface area contributed by atoms with E-state index in [-0.39, 0.29) is 48.0 Å². The zero-order valence-electron chi connectivity index (χ0n) is 18.4. The van der Waals surface area contributed by atoms with Gasteiger partial charge in [0.15, 0.2) is 5.69 Å². The first kappa shape index (κ1) is 24.5. The average molecular weight is 478 g/mol. The van der Waals surface area contributed by atoms with E-state index in [1.54, 1.807) is 0 Å². The van der Waals surface area contributed by atoms with Crippen LogP contribution in [0.15, 0.2) is 58.3 Å². The van der Waals surface area contributed by atoms with Crippen molar-refractivity contribution in [3.63, 3.8) is 0 Å². The van der Waals surface area contributed by atoms with Crippen molar-refractivity contribution >= 4 is 23.3 Å². The molecule has 0 fully saturated rings. The first-order chi connectivity index (χ1) is 16.8. The molecule has 35 heavy (non-hydrogen) atoms. The number of carbonyl (C=O) groups is 1. The highest BCUT2D eigenvalue weighted by Gasteiger charge is 2.19. The van der Waals surface area contributed by atoms with Gasteiger partial charge in [0.05, 0.1) is 17.2 Å². The highest BCUT2D eigenvalue weighted by molar-refractivity contribution is 5.81. The Morgan fingerprint density at radius 1 is 1.37 bits per heavy atom. The lowest BCUT2D eigenvalue weighted by Gasteiger charge is -2.12. The third-order valence-corrected chi connectivity index (χ3v) is 4.75. The Labute approximate surface area is 197 Å². The highest BCUT2D eigenvalue weighted by Crippen LogP contribution is 2.26. The van der Waals surface area contributed by atoms with Crippen LogP contribution in [0.5, 0.6) is 5.88 Å². The first-order valence-corrected chi connectivity index (χ1v) is 10.0. The summed E-state index contributed by atoms with van der Waals surface area (Å²) >= 11 is 0. The third-order valence-electron chi connectivity index (χ3n) is 4.75. The molecule has 0 atom stereocenters. The summed E-state index contributed by atoms with van der Waals surface area (Å²) in [5, 5.41) is 42.4. The van der Waals surface area contributed by atoms with Gasteiger partial charge in [-0.3, -0.25) is 19.5 Å². The standard InChI is InChI=1S/C21H18N8O6/c1-3-17(30)35-10-4-9-27-19(31)16(11-22)13(2)18(20(27)32)24-25-21-23-12-28(26-21)14-5-7-15(8-6-14)29(33)34/h3,5-8,12,31H,1,4,9-10H2,2H3. The number of pyridine rings is 1. The van der Waals surface area contributed by atoms with E-state index < -0.39 is 22.3 Å². The molecule has 14 nitrogen and oxygen atoms in total. The minimum atomic E-state index is -0.715. The van der Waals surface area contributed by atoms with Crippen LogP contribution in [-0.2, 0) is 16.1 Å². The van der Waals surface area contributed by atoms with Crippen LogP contribution in [0.3, 0.4) is 0 Å². The van der Waals surface area contributed by atoms with Crippen LogP contribution in [0, 0.1) is 28.4 Å². The number of azo groups is 1. The Bertz CT molecular complexity index is 1420. The first-order valence-electron chi connectivity index (χ1n) is 10.0. The van der Waals surface area contributed by atoms with Gasteiger partial charge in [0.1, 0.15) is 18.0 Å². The number of nitro benzene ring substituents is 1. The van der Waals surface area contributed by atoms with Crippen molar-refractivity contribution in [2.45, 2.75) is 19.9 Å². The van der Waals surface area contributed by atoms with Gasteiger partial charge in [-0.1, -0.05) is 6.58 Å². The Kier molecular flexibility index (Phi) is 7.42. The van der Waals surface area contributed by atoms with Crippen molar-refractivity contribution in [3.8, 4) is 17.6 Å². The number of benzene rings is 1. The molecule has 1 N–H and O–H groups in total. The molecule has 0 saturated carbocycles. The minimum Gasteiger partial charge on any atom is -0.493 e. The van der Waals surface area contributed by atoms with Crippen molar-refractivity contribution in [3.05, 3.63) is 74.8 Å². The van der Waals surface area contributed by atoms with Crippen molar-refractivity contribution < 1.29 is 19.6 Å². The van der Waals surface area contributed by atoms with E-state index in [1.165, 1.54) is 42.2 Å². The zero-order chi connectivity index (χ0) is 25.5. The summed E-state index contributed by atoms with van der Waals surface area (Å²) in [7, 11) is 0. The largest absolute Gasteiger partial charge is 0.493 e. The fourth-order valence-electron chi connectivity index (χ4n) is 2.97. The predicted octanol–water partition coefficient (Wildman–Crippen LogP) is 2.76. The normalized spacial score (nSPS) is 10.7. The summed E-state index contributed by atoms with van der Waals surface area (Å²) in [5.41, 5.74) is -0.563. The van der Waals surface area contributed by atoms with Crippen LogP contribution in [-0.4, -0.2) is 41.9 Å². The lowest BCUT2D eigenvalue weighted by Crippen LogP contribution is -2.22. The van der Waals surface area contributed by atoms with E-state index in [0.717, 1.165) is 10.6 Å². The van der Waals surface area contributed by atoms with Gasteiger partial charge in [-0.05, 0) is 25.5 Å². The van der Waals surface area contributed by atoms with Gasteiger partial charge in [-0.2, -0.15) is 10.2 Å². The number of rotatable bonds is 9. The van der Waals surface area contributed by atoms with Crippen LogP contribution >= 0.6 is 0 Å². The maximum absolute atomic E-state index is 12.9. The third kappa shape index (κ3) is 5.42. The van der Waals surface area contributed by atoms with Gasteiger partial charge in [0, 0.05) is 30.3 Å². The molecular formula is C21H18N8O6. The maximum Gasteiger partial charge on any atom is 0.330 e. The van der Waals surface area contributed by atoms with E-state index >= 15 is 0 Å². The van der Waals surface area contributed by atoms with E-state index in [2.05, 4.69) is 26.9 Å². The monoisotopic (exact) mass is 478 g/mol. The quantitative estimate of drug-likeness (QED) is 0.120. The molecular weight excluding hydrogens is 460 g/mol. The molecule has 0 aliphatic rings. The number of nitro groups is 1. The van der Waals surface area contributed by atoms with Crippen LogP contribution in [0.1, 0.15) is 17.5 Å². The number of nitrogens with zero attached hydrogens (tertiary/aromatic N) is 8. The molecule has 0 aliphatic carbocycles. The maximum atomic E-state index is 12.9. The summed E-state index contributed by atoms with van der Waals surface area (Å²) < 4.78 is 7.10. The van der Waals surface area contributed by atoms with Gasteiger partial charge in [-0.25, -0.2) is 9.48 Å². The predicted molar refractivity (Wildman–Crippen MR) is 120 cm³/mol. The second kappa shape index (κ2) is 10.6. The summed E-state index contributed by atoms with van der Waals surface area (Å²) in [6.45, 7) is 4.63. The van der Waals surface area contributed by atoms with Crippen LogP contribution in [0.25, 0.3) is 5.69 Å². The molecule has 0 saturated heterocycles. The topological polar surface area (TPSA) is 191 Å². The van der Waals surface area contributed by atoms with Gasteiger partial charge in [0.2, 0.25) is 5.88 Å². The molecule has 3 rings (SSSR count). The summed E-state index contributed by atoms with van der Waals surface area (Å²) in [6.07, 6.45) is 2.49. The van der Waals surface area contributed by atoms with E-state index in [4.69, 9.17) is 4.74 Å². The highest BCUT2D eigenvalue weighted by atomic mass is 16.6. The van der Waals surface area contributed by atoms with Crippen molar-refractivity contribution in [1.29, 1.82) is 5.26 Å². The number of aromatic hydroxyl groups is 1. The molecule has 0 aliphatic heterocycles. The number of carbonyl (C=O) groups excluding carboxylic acids is 1. The van der Waals surface area contributed by atoms with Crippen molar-refractivity contribution in [2.75, 3.05) is 6.61 Å². The molecule has 0 radical (unpaired) electrons. The molecule has 2 aromatic heterocycles. The minimum absolute atomic E-state index is 0.0344. The Morgan fingerprint density at radius 2 is 2.09 bits per heavy atom.